The van der Waals surface area contributed by atoms with Crippen molar-refractivity contribution in [2.45, 2.75) is 453 Å². The number of hydrogen-bond donors (Lipinski definition) is 3. The lowest BCUT2D eigenvalue weighted by atomic mass is 9.99. The summed E-state index contributed by atoms with van der Waals surface area (Å²) in [6.45, 7) is 14.3. The van der Waals surface area contributed by atoms with Gasteiger partial charge in [0.1, 0.15) is 19.3 Å². The lowest BCUT2D eigenvalue weighted by Gasteiger charge is -2.21. The third-order valence-corrected chi connectivity index (χ3v) is 22.6. The first-order chi connectivity index (χ1) is 49.7. The van der Waals surface area contributed by atoms with Gasteiger partial charge in [0.2, 0.25) is 0 Å². The highest BCUT2D eigenvalue weighted by Crippen LogP contribution is 2.45. The number of esters is 4. The Bertz CT molecular complexity index is 2010. The quantitative estimate of drug-likeness (QED) is 0.0222. The molecule has 0 amide bonds. The number of phosphoric ester groups is 2. The van der Waals surface area contributed by atoms with Gasteiger partial charge in [0, 0.05) is 25.7 Å². The molecule has 0 bridgehead atoms. The molecule has 0 fully saturated rings. The molecule has 0 aliphatic rings. The van der Waals surface area contributed by atoms with E-state index in [9.17, 15) is 43.2 Å². The first-order valence-corrected chi connectivity index (χ1v) is 46.3. The zero-order chi connectivity index (χ0) is 76.0. The van der Waals surface area contributed by atoms with Gasteiger partial charge in [-0.25, -0.2) is 9.13 Å². The molecule has 103 heavy (non-hydrogen) atoms. The van der Waals surface area contributed by atoms with Gasteiger partial charge < -0.3 is 33.8 Å². The van der Waals surface area contributed by atoms with Crippen molar-refractivity contribution in [3.63, 3.8) is 0 Å². The molecule has 0 aliphatic heterocycles. The maximum Gasteiger partial charge on any atom is 0.472 e. The van der Waals surface area contributed by atoms with Crippen LogP contribution in [0.25, 0.3) is 0 Å². The second-order valence-electron chi connectivity index (χ2n) is 31.4. The van der Waals surface area contributed by atoms with Crippen LogP contribution in [0.2, 0.25) is 0 Å². The Kier molecular flexibility index (Phi) is 71.5. The molecule has 0 aromatic rings. The number of aliphatic hydroxyl groups is 1. The summed E-state index contributed by atoms with van der Waals surface area (Å²) in [6.07, 6.45) is 61.5. The lowest BCUT2D eigenvalue weighted by molar-refractivity contribution is -0.161. The van der Waals surface area contributed by atoms with Gasteiger partial charge in [-0.15, -0.1) is 0 Å². The second-order valence-corrected chi connectivity index (χ2v) is 34.3. The summed E-state index contributed by atoms with van der Waals surface area (Å²) in [6, 6.07) is 0. The summed E-state index contributed by atoms with van der Waals surface area (Å²) >= 11 is 0. The van der Waals surface area contributed by atoms with Gasteiger partial charge in [0.25, 0.3) is 0 Å². The Balaban J connectivity index is 5.08. The molecule has 0 aliphatic carbocycles. The van der Waals surface area contributed by atoms with E-state index in [-0.39, 0.29) is 25.7 Å². The largest absolute Gasteiger partial charge is 0.472 e. The Labute approximate surface area is 632 Å². The van der Waals surface area contributed by atoms with E-state index in [0.29, 0.717) is 31.6 Å². The van der Waals surface area contributed by atoms with Gasteiger partial charge in [-0.05, 0) is 49.4 Å². The third-order valence-electron chi connectivity index (χ3n) is 20.7. The van der Waals surface area contributed by atoms with Crippen LogP contribution in [0.5, 0.6) is 0 Å². The number of rotatable bonds is 81. The van der Waals surface area contributed by atoms with Crippen molar-refractivity contribution < 1.29 is 80.2 Å². The number of carbonyl (C=O) groups is 4. The summed E-state index contributed by atoms with van der Waals surface area (Å²) in [4.78, 5) is 73.0. The fourth-order valence-electron chi connectivity index (χ4n) is 12.9. The van der Waals surface area contributed by atoms with Crippen molar-refractivity contribution in [3.8, 4) is 0 Å². The number of aliphatic hydroxyl groups excluding tert-OH is 1. The molecule has 5 unspecified atom stereocenters. The summed E-state index contributed by atoms with van der Waals surface area (Å²) < 4.78 is 68.7. The van der Waals surface area contributed by atoms with Crippen LogP contribution >= 0.6 is 15.6 Å². The van der Waals surface area contributed by atoms with E-state index < -0.39 is 97.5 Å². The van der Waals surface area contributed by atoms with Crippen LogP contribution in [0.3, 0.4) is 0 Å². The number of unbranched alkanes of at least 4 members (excludes halogenated alkanes) is 44. The molecule has 17 nitrogen and oxygen atoms in total. The fraction of sp³-hybridized carbons (Fsp3) is 0.952. The van der Waals surface area contributed by atoms with Gasteiger partial charge >= 0.3 is 39.5 Å². The maximum atomic E-state index is 13.1. The Morgan fingerprint density at radius 1 is 0.272 bits per heavy atom. The minimum absolute atomic E-state index is 0.102. The zero-order valence-corrected chi connectivity index (χ0v) is 69.7. The number of ether oxygens (including phenoxy) is 4. The molecule has 612 valence electrons. The van der Waals surface area contributed by atoms with Gasteiger partial charge in [-0.2, -0.15) is 0 Å². The minimum Gasteiger partial charge on any atom is -0.462 e. The molecule has 0 aromatic heterocycles. The van der Waals surface area contributed by atoms with E-state index in [4.69, 9.17) is 37.0 Å². The molecular formula is C84H164O17P2. The van der Waals surface area contributed by atoms with E-state index in [1.54, 1.807) is 0 Å². The van der Waals surface area contributed by atoms with E-state index in [1.165, 1.54) is 231 Å². The molecule has 0 saturated heterocycles. The predicted molar refractivity (Wildman–Crippen MR) is 423 cm³/mol. The van der Waals surface area contributed by atoms with Crippen LogP contribution in [0.4, 0.5) is 0 Å². The average Bonchev–Trinajstić information content (AvgIpc) is 0.914. The highest BCUT2D eigenvalue weighted by molar-refractivity contribution is 7.47. The molecule has 0 radical (unpaired) electrons. The minimum atomic E-state index is -4.96. The Hall–Kier alpha value is -1.94. The third kappa shape index (κ3) is 74.0. The summed E-state index contributed by atoms with van der Waals surface area (Å²) in [5.74, 6) is 1.03. The van der Waals surface area contributed by atoms with Gasteiger partial charge in [0.05, 0.1) is 26.4 Å². The van der Waals surface area contributed by atoms with Crippen LogP contribution in [0, 0.1) is 23.7 Å². The monoisotopic (exact) mass is 1510 g/mol. The van der Waals surface area contributed by atoms with Crippen molar-refractivity contribution in [2.24, 2.45) is 23.7 Å². The van der Waals surface area contributed by atoms with E-state index in [1.807, 2.05) is 0 Å². The van der Waals surface area contributed by atoms with Crippen molar-refractivity contribution in [2.75, 3.05) is 39.6 Å². The SMILES string of the molecule is CCC(C)CCCCCCCCCCCCCCCCCCCCC(=O)OC[C@H](COP(=O)(O)OC[C@@H](O)COP(=O)(O)OC[C@@H](COC(=O)CCCCCCCCC(C)CC)OC(=O)CCCCCCCCCCCCCCCCCCCCC(C)CC)OC(=O)CCCCCCCCC(C)C. The number of carbonyl (C=O) groups excluding carboxylic acids is 4. The predicted octanol–water partition coefficient (Wildman–Crippen LogP) is 25.2. The molecule has 8 atom stereocenters. The zero-order valence-electron chi connectivity index (χ0n) is 68.0. The standard InChI is InChI=1S/C84H164O17P2/c1-9-75(6)61-53-45-36-32-28-24-20-16-12-14-18-22-26-30-34-38-48-56-64-81(86)94-70-80(101-84(89)67-59-51-42-40-44-52-60-74(4)5)73-99-103(92,93)97-69-78(85)68-96-102(90,91)98-72-79(71-95-82(87)65-57-49-43-41-47-55-63-77(8)11-3)100-83(88)66-58-50-39-35-31-27-23-19-15-13-17-21-25-29-33-37-46-54-62-76(7)10-2/h74-80,85H,9-73H2,1-8H3,(H,90,91)(H,92,93)/t75?,76?,77?,78-,79+,80+/m0/s1. The van der Waals surface area contributed by atoms with Crippen LogP contribution in [0.1, 0.15) is 434 Å². The smallest absolute Gasteiger partial charge is 0.462 e. The van der Waals surface area contributed by atoms with Crippen molar-refractivity contribution in [3.05, 3.63) is 0 Å². The maximum absolute atomic E-state index is 13.1. The van der Waals surface area contributed by atoms with Crippen LogP contribution < -0.4 is 0 Å². The van der Waals surface area contributed by atoms with Crippen LogP contribution in [-0.2, 0) is 65.4 Å². The number of phosphoric acid groups is 2. The topological polar surface area (TPSA) is 237 Å². The molecule has 0 heterocycles. The van der Waals surface area contributed by atoms with Gasteiger partial charge in [-0.3, -0.25) is 37.3 Å². The van der Waals surface area contributed by atoms with Crippen molar-refractivity contribution in [1.29, 1.82) is 0 Å². The number of hydrogen-bond acceptors (Lipinski definition) is 15. The molecule has 0 saturated carbocycles. The first kappa shape index (κ1) is 101. The second kappa shape index (κ2) is 72.9. The van der Waals surface area contributed by atoms with E-state index >= 15 is 0 Å². The highest BCUT2D eigenvalue weighted by Gasteiger charge is 2.30. The lowest BCUT2D eigenvalue weighted by Crippen LogP contribution is -2.30. The van der Waals surface area contributed by atoms with Gasteiger partial charge in [0.15, 0.2) is 12.2 Å². The molecule has 19 heteroatoms. The average molecular weight is 1510 g/mol. The Morgan fingerprint density at radius 3 is 0.689 bits per heavy atom. The van der Waals surface area contributed by atoms with E-state index in [2.05, 4.69) is 55.4 Å². The van der Waals surface area contributed by atoms with Crippen LogP contribution in [0.15, 0.2) is 0 Å². The van der Waals surface area contributed by atoms with Crippen LogP contribution in [-0.4, -0.2) is 96.7 Å². The summed E-state index contributed by atoms with van der Waals surface area (Å²) in [5, 5.41) is 10.6. The normalized spacial score (nSPS) is 14.8. The summed E-state index contributed by atoms with van der Waals surface area (Å²) in [7, 11) is -9.92. The van der Waals surface area contributed by atoms with E-state index in [0.717, 1.165) is 114 Å². The van der Waals surface area contributed by atoms with Crippen molar-refractivity contribution >= 4 is 39.5 Å². The molecular weight excluding hydrogens is 1340 g/mol. The molecule has 3 N–H and O–H groups in total. The molecule has 0 rings (SSSR count). The molecule has 0 aromatic carbocycles. The highest BCUT2D eigenvalue weighted by atomic mass is 31.2. The van der Waals surface area contributed by atoms with Crippen molar-refractivity contribution in [1.82, 2.24) is 0 Å². The Morgan fingerprint density at radius 2 is 0.466 bits per heavy atom. The van der Waals surface area contributed by atoms with Gasteiger partial charge in [-0.1, -0.05) is 383 Å². The fourth-order valence-corrected chi connectivity index (χ4v) is 14.4. The molecule has 0 spiro atoms. The summed E-state index contributed by atoms with van der Waals surface area (Å²) in [5.41, 5.74) is 0. The first-order valence-electron chi connectivity index (χ1n) is 43.3.